The third kappa shape index (κ3) is 4.03. The summed E-state index contributed by atoms with van der Waals surface area (Å²) in [5.41, 5.74) is -0.0461. The molecule has 0 radical (unpaired) electrons. The average Bonchev–Trinajstić information content (AvgIpc) is 2.39. The highest BCUT2D eigenvalue weighted by Gasteiger charge is 2.18. The van der Waals surface area contributed by atoms with Crippen LogP contribution >= 0.6 is 0 Å². The van der Waals surface area contributed by atoms with Gasteiger partial charge in [-0.2, -0.15) is 0 Å². The van der Waals surface area contributed by atoms with Gasteiger partial charge in [0.25, 0.3) is 0 Å². The lowest BCUT2D eigenvalue weighted by Crippen LogP contribution is -2.18. The summed E-state index contributed by atoms with van der Waals surface area (Å²) < 4.78 is 5.18. The van der Waals surface area contributed by atoms with Gasteiger partial charge in [-0.25, -0.2) is 4.79 Å². The number of hydrogen-bond acceptors (Lipinski definition) is 6. The molecule has 1 aromatic carbocycles. The van der Waals surface area contributed by atoms with Crippen molar-refractivity contribution in [1.82, 2.24) is 0 Å². The zero-order chi connectivity index (χ0) is 14.4. The van der Waals surface area contributed by atoms with Crippen LogP contribution in [0, 0.1) is 0 Å². The maximum atomic E-state index is 11.8. The summed E-state index contributed by atoms with van der Waals surface area (Å²) in [6, 6.07) is 2.05. The van der Waals surface area contributed by atoms with Gasteiger partial charge in [0.1, 0.15) is 6.10 Å². The van der Waals surface area contributed by atoms with Crippen LogP contribution in [0.5, 0.6) is 17.2 Å². The van der Waals surface area contributed by atoms with E-state index in [-0.39, 0.29) is 18.3 Å². The van der Waals surface area contributed by atoms with Crippen LogP contribution in [0.2, 0.25) is 0 Å². The number of benzene rings is 1. The molecule has 1 aromatic rings. The molecule has 6 heteroatoms. The van der Waals surface area contributed by atoms with E-state index in [1.54, 1.807) is 0 Å². The Morgan fingerprint density at radius 1 is 1.26 bits per heavy atom. The van der Waals surface area contributed by atoms with E-state index in [1.165, 1.54) is 0 Å². The molecular formula is C13H18O6. The summed E-state index contributed by atoms with van der Waals surface area (Å²) >= 11 is 0. The molecule has 19 heavy (non-hydrogen) atoms. The number of phenols is 3. The number of rotatable bonds is 6. The van der Waals surface area contributed by atoms with Crippen molar-refractivity contribution in [2.24, 2.45) is 0 Å². The predicted octanol–water partition coefficient (Wildman–Crippen LogP) is 1.51. The quantitative estimate of drug-likeness (QED) is 0.461. The molecule has 106 valence electrons. The molecule has 4 N–H and O–H groups in total. The van der Waals surface area contributed by atoms with Crippen LogP contribution in [0.1, 0.15) is 36.5 Å². The molecule has 0 saturated carbocycles. The Balaban J connectivity index is 2.77. The maximum absolute atomic E-state index is 11.8. The topological polar surface area (TPSA) is 107 Å². The average molecular weight is 270 g/mol. The number of aliphatic hydroxyl groups is 1. The number of aromatic hydroxyl groups is 3. The zero-order valence-electron chi connectivity index (χ0n) is 10.7. The Morgan fingerprint density at radius 2 is 1.84 bits per heavy atom. The smallest absolute Gasteiger partial charge is 0.338 e. The lowest BCUT2D eigenvalue weighted by atomic mass is 10.1. The SMILES string of the molecule is CCC(CCCO)OC(=O)c1cc(O)c(O)c(O)c1. The fourth-order valence-electron chi connectivity index (χ4n) is 1.61. The van der Waals surface area contributed by atoms with Gasteiger partial charge >= 0.3 is 5.97 Å². The van der Waals surface area contributed by atoms with Crippen molar-refractivity contribution in [3.05, 3.63) is 17.7 Å². The third-order valence-electron chi connectivity index (χ3n) is 2.72. The summed E-state index contributed by atoms with van der Waals surface area (Å²) in [5.74, 6) is -2.55. The van der Waals surface area contributed by atoms with Crippen LogP contribution < -0.4 is 0 Å². The van der Waals surface area contributed by atoms with Crippen molar-refractivity contribution >= 4 is 5.97 Å². The number of hydrogen-bond donors (Lipinski definition) is 4. The molecule has 1 unspecified atom stereocenters. The molecule has 0 aliphatic rings. The minimum absolute atomic E-state index is 0.0227. The van der Waals surface area contributed by atoms with Gasteiger partial charge in [-0.05, 0) is 31.4 Å². The van der Waals surface area contributed by atoms with Crippen molar-refractivity contribution in [2.45, 2.75) is 32.3 Å². The summed E-state index contributed by atoms with van der Waals surface area (Å²) in [4.78, 5) is 11.8. The van der Waals surface area contributed by atoms with Crippen LogP contribution in [-0.4, -0.2) is 39.1 Å². The molecule has 1 atom stereocenters. The van der Waals surface area contributed by atoms with Crippen LogP contribution in [-0.2, 0) is 4.74 Å². The fourth-order valence-corrected chi connectivity index (χ4v) is 1.61. The van der Waals surface area contributed by atoms with Crippen LogP contribution in [0.3, 0.4) is 0 Å². The van der Waals surface area contributed by atoms with Crippen LogP contribution in [0.15, 0.2) is 12.1 Å². The van der Waals surface area contributed by atoms with Gasteiger partial charge in [0.15, 0.2) is 17.2 Å². The molecule has 6 nitrogen and oxygen atoms in total. The highest BCUT2D eigenvalue weighted by molar-refractivity contribution is 5.91. The van der Waals surface area contributed by atoms with Gasteiger partial charge in [-0.15, -0.1) is 0 Å². The first-order valence-electron chi connectivity index (χ1n) is 6.06. The first kappa shape index (κ1) is 15.1. The molecule has 0 bridgehead atoms. The third-order valence-corrected chi connectivity index (χ3v) is 2.72. The Hall–Kier alpha value is -1.95. The molecule has 0 aliphatic heterocycles. The first-order valence-corrected chi connectivity index (χ1v) is 6.06. The Bertz CT molecular complexity index is 420. The molecule has 1 rings (SSSR count). The van der Waals surface area contributed by atoms with Crippen molar-refractivity contribution in [3.63, 3.8) is 0 Å². The van der Waals surface area contributed by atoms with E-state index in [0.717, 1.165) is 12.1 Å². The maximum Gasteiger partial charge on any atom is 0.338 e. The lowest BCUT2D eigenvalue weighted by Gasteiger charge is -2.16. The van der Waals surface area contributed by atoms with E-state index in [2.05, 4.69) is 0 Å². The van der Waals surface area contributed by atoms with Crippen LogP contribution in [0.25, 0.3) is 0 Å². The van der Waals surface area contributed by atoms with E-state index >= 15 is 0 Å². The van der Waals surface area contributed by atoms with Gasteiger partial charge in [0, 0.05) is 6.61 Å². The zero-order valence-corrected chi connectivity index (χ0v) is 10.7. The number of aliphatic hydroxyl groups excluding tert-OH is 1. The second-order valence-electron chi connectivity index (χ2n) is 4.16. The minimum atomic E-state index is -0.699. The highest BCUT2D eigenvalue weighted by Crippen LogP contribution is 2.35. The van der Waals surface area contributed by atoms with Crippen molar-refractivity contribution < 1.29 is 30.0 Å². The summed E-state index contributed by atoms with van der Waals surface area (Å²) in [7, 11) is 0. The van der Waals surface area contributed by atoms with Gasteiger partial charge < -0.3 is 25.2 Å². The number of phenolic OH excluding ortho intramolecular Hbond substituents is 3. The number of carbonyl (C=O) groups excluding carboxylic acids is 1. The van der Waals surface area contributed by atoms with E-state index < -0.39 is 23.2 Å². The van der Waals surface area contributed by atoms with E-state index in [1.807, 2.05) is 6.92 Å². The monoisotopic (exact) mass is 270 g/mol. The lowest BCUT2D eigenvalue weighted by molar-refractivity contribution is 0.0256. The number of ether oxygens (including phenoxy) is 1. The summed E-state index contributed by atoms with van der Waals surface area (Å²) in [6.07, 6.45) is 1.33. The molecular weight excluding hydrogens is 252 g/mol. The molecule has 0 saturated heterocycles. The molecule has 0 aromatic heterocycles. The second kappa shape index (κ2) is 6.84. The summed E-state index contributed by atoms with van der Waals surface area (Å²) in [6.45, 7) is 1.87. The Morgan fingerprint density at radius 3 is 2.32 bits per heavy atom. The van der Waals surface area contributed by atoms with Gasteiger partial charge in [0.2, 0.25) is 0 Å². The van der Waals surface area contributed by atoms with Gasteiger partial charge in [-0.1, -0.05) is 6.92 Å². The van der Waals surface area contributed by atoms with Crippen molar-refractivity contribution in [1.29, 1.82) is 0 Å². The predicted molar refractivity (Wildman–Crippen MR) is 67.3 cm³/mol. The Kier molecular flexibility index (Phi) is 5.44. The fraction of sp³-hybridized carbons (Fsp3) is 0.462. The number of esters is 1. The van der Waals surface area contributed by atoms with Gasteiger partial charge in [0.05, 0.1) is 5.56 Å². The summed E-state index contributed by atoms with van der Waals surface area (Å²) in [5, 5.41) is 36.5. The number of carbonyl (C=O) groups is 1. The standard InChI is InChI=1S/C13H18O6/c1-2-9(4-3-5-14)19-13(18)8-6-10(15)12(17)11(16)7-8/h6-7,9,14-17H,2-5H2,1H3. The van der Waals surface area contributed by atoms with Crippen molar-refractivity contribution in [2.75, 3.05) is 6.61 Å². The van der Waals surface area contributed by atoms with E-state index in [4.69, 9.17) is 9.84 Å². The second-order valence-corrected chi connectivity index (χ2v) is 4.16. The van der Waals surface area contributed by atoms with Crippen LogP contribution in [0.4, 0.5) is 0 Å². The first-order chi connectivity index (χ1) is 8.99. The highest BCUT2D eigenvalue weighted by atomic mass is 16.5. The molecule has 0 spiro atoms. The molecule has 0 amide bonds. The normalized spacial score (nSPS) is 12.1. The largest absolute Gasteiger partial charge is 0.504 e. The molecule has 0 aliphatic carbocycles. The Labute approximate surface area is 110 Å². The van der Waals surface area contributed by atoms with E-state index in [9.17, 15) is 20.1 Å². The molecule has 0 fully saturated rings. The minimum Gasteiger partial charge on any atom is -0.504 e. The van der Waals surface area contributed by atoms with Crippen molar-refractivity contribution in [3.8, 4) is 17.2 Å². The van der Waals surface area contributed by atoms with Gasteiger partial charge in [-0.3, -0.25) is 0 Å². The van der Waals surface area contributed by atoms with E-state index in [0.29, 0.717) is 19.3 Å². The molecule has 0 heterocycles.